The lowest BCUT2D eigenvalue weighted by Crippen LogP contribution is -1.86. The summed E-state index contributed by atoms with van der Waals surface area (Å²) < 4.78 is 9.87. The Labute approximate surface area is 111 Å². The third-order valence-corrected chi connectivity index (χ3v) is 2.53. The standard InChI is InChI=1S/C8H4BrNO3.C3H6O2/c9-7-4-6(10(11)12)3-5-1-2-13-8(5)7;1-2-5-3-4/h1-4H;3H,2H2,1H3. The first-order chi connectivity index (χ1) is 8.60. The first-order valence-corrected chi connectivity index (χ1v) is 5.75. The normalized spacial score (nSPS) is 9.44. The molecule has 2 rings (SSSR count). The second-order valence-corrected chi connectivity index (χ2v) is 3.93. The molecule has 6 nitrogen and oxygen atoms in total. The smallest absolute Gasteiger partial charge is 0.293 e. The van der Waals surface area contributed by atoms with Crippen molar-refractivity contribution in [3.05, 3.63) is 39.0 Å². The molecule has 0 aliphatic rings. The zero-order valence-corrected chi connectivity index (χ0v) is 11.0. The number of carbonyl (C=O) groups is 1. The van der Waals surface area contributed by atoms with Crippen molar-refractivity contribution in [3.63, 3.8) is 0 Å². The van der Waals surface area contributed by atoms with Crippen LogP contribution in [-0.2, 0) is 9.53 Å². The van der Waals surface area contributed by atoms with E-state index in [0.29, 0.717) is 23.1 Å². The Balaban J connectivity index is 0.000000280. The number of rotatable bonds is 3. The van der Waals surface area contributed by atoms with E-state index in [1.54, 1.807) is 13.0 Å². The summed E-state index contributed by atoms with van der Waals surface area (Å²) in [5, 5.41) is 11.2. The van der Waals surface area contributed by atoms with Crippen LogP contribution in [0.25, 0.3) is 11.0 Å². The van der Waals surface area contributed by atoms with Gasteiger partial charge in [-0.2, -0.15) is 0 Å². The van der Waals surface area contributed by atoms with Crippen molar-refractivity contribution in [2.75, 3.05) is 6.61 Å². The van der Waals surface area contributed by atoms with Gasteiger partial charge in [-0.05, 0) is 28.9 Å². The van der Waals surface area contributed by atoms with Crippen molar-refractivity contribution in [2.24, 2.45) is 0 Å². The van der Waals surface area contributed by atoms with Crippen molar-refractivity contribution < 1.29 is 18.9 Å². The lowest BCUT2D eigenvalue weighted by molar-refractivity contribution is -0.384. The van der Waals surface area contributed by atoms with Gasteiger partial charge >= 0.3 is 0 Å². The van der Waals surface area contributed by atoms with Crippen molar-refractivity contribution in [1.82, 2.24) is 0 Å². The number of non-ortho nitro benzene ring substituents is 1. The molecule has 0 atom stereocenters. The number of nitro benzene ring substituents is 1. The molecule has 0 bridgehead atoms. The highest BCUT2D eigenvalue weighted by atomic mass is 79.9. The molecular formula is C11H10BrNO5. The minimum absolute atomic E-state index is 0.0563. The number of halogens is 1. The van der Waals surface area contributed by atoms with Gasteiger partial charge < -0.3 is 9.15 Å². The molecule has 0 N–H and O–H groups in total. The fourth-order valence-corrected chi connectivity index (χ4v) is 1.75. The number of fused-ring (bicyclic) bond motifs is 1. The van der Waals surface area contributed by atoms with Crippen LogP contribution in [0.3, 0.4) is 0 Å². The molecule has 0 spiro atoms. The molecule has 1 aromatic heterocycles. The number of ether oxygens (including phenoxy) is 1. The molecule has 0 fully saturated rings. The maximum Gasteiger partial charge on any atom is 0.293 e. The molecule has 2 aromatic rings. The highest BCUT2D eigenvalue weighted by molar-refractivity contribution is 9.10. The first-order valence-electron chi connectivity index (χ1n) is 4.96. The van der Waals surface area contributed by atoms with Gasteiger partial charge in [0.1, 0.15) is 5.58 Å². The van der Waals surface area contributed by atoms with E-state index in [4.69, 9.17) is 4.42 Å². The predicted octanol–water partition coefficient (Wildman–Crippen LogP) is 3.28. The summed E-state index contributed by atoms with van der Waals surface area (Å²) in [7, 11) is 0. The van der Waals surface area contributed by atoms with Gasteiger partial charge in [0.2, 0.25) is 0 Å². The summed E-state index contributed by atoms with van der Waals surface area (Å²) in [4.78, 5) is 19.2. The highest BCUT2D eigenvalue weighted by Crippen LogP contribution is 2.29. The summed E-state index contributed by atoms with van der Waals surface area (Å²) in [6, 6.07) is 4.59. The lowest BCUT2D eigenvalue weighted by atomic mass is 10.2. The zero-order valence-electron chi connectivity index (χ0n) is 9.46. The number of furan rings is 1. The minimum Gasteiger partial charge on any atom is -0.468 e. The summed E-state index contributed by atoms with van der Waals surface area (Å²) in [6.07, 6.45) is 1.50. The Morgan fingerprint density at radius 2 is 2.28 bits per heavy atom. The molecule has 96 valence electrons. The van der Waals surface area contributed by atoms with Crippen LogP contribution in [0.15, 0.2) is 33.4 Å². The van der Waals surface area contributed by atoms with E-state index >= 15 is 0 Å². The van der Waals surface area contributed by atoms with Crippen molar-refractivity contribution in [2.45, 2.75) is 6.92 Å². The molecule has 7 heteroatoms. The van der Waals surface area contributed by atoms with Crippen LogP contribution in [0.4, 0.5) is 5.69 Å². The second-order valence-electron chi connectivity index (χ2n) is 3.08. The Kier molecular flexibility index (Phi) is 5.31. The number of nitro groups is 1. The molecule has 1 aromatic carbocycles. The van der Waals surface area contributed by atoms with Gasteiger partial charge in [0.05, 0.1) is 22.3 Å². The monoisotopic (exact) mass is 315 g/mol. The van der Waals surface area contributed by atoms with Crippen LogP contribution in [0.2, 0.25) is 0 Å². The molecule has 0 saturated heterocycles. The number of carbonyl (C=O) groups excluding carboxylic acids is 1. The molecule has 0 saturated carbocycles. The van der Waals surface area contributed by atoms with Crippen molar-refractivity contribution in [1.29, 1.82) is 0 Å². The molecule has 1 heterocycles. The highest BCUT2D eigenvalue weighted by Gasteiger charge is 2.11. The minimum atomic E-state index is -0.433. The lowest BCUT2D eigenvalue weighted by Gasteiger charge is -1.93. The fourth-order valence-electron chi connectivity index (χ4n) is 1.20. The maximum absolute atomic E-state index is 10.5. The summed E-state index contributed by atoms with van der Waals surface area (Å²) in [5.74, 6) is 0. The van der Waals surface area contributed by atoms with Gasteiger partial charge in [0, 0.05) is 17.5 Å². The maximum atomic E-state index is 10.5. The van der Waals surface area contributed by atoms with Crippen LogP contribution in [0.5, 0.6) is 0 Å². The Morgan fingerprint density at radius 3 is 2.78 bits per heavy atom. The van der Waals surface area contributed by atoms with Gasteiger partial charge in [-0.1, -0.05) is 0 Å². The third-order valence-electron chi connectivity index (χ3n) is 1.94. The van der Waals surface area contributed by atoms with Gasteiger partial charge in [-0.25, -0.2) is 0 Å². The van der Waals surface area contributed by atoms with E-state index in [1.807, 2.05) is 0 Å². The molecule has 0 amide bonds. The number of benzene rings is 1. The van der Waals surface area contributed by atoms with E-state index in [9.17, 15) is 14.9 Å². The molecule has 0 aliphatic carbocycles. The Morgan fingerprint density at radius 1 is 1.56 bits per heavy atom. The average Bonchev–Trinajstić information content (AvgIpc) is 2.79. The molecule has 0 unspecified atom stereocenters. The van der Waals surface area contributed by atoms with Gasteiger partial charge in [0.25, 0.3) is 12.2 Å². The van der Waals surface area contributed by atoms with E-state index in [2.05, 4.69) is 20.7 Å². The predicted molar refractivity (Wildman–Crippen MR) is 68.3 cm³/mol. The second kappa shape index (κ2) is 6.75. The largest absolute Gasteiger partial charge is 0.468 e. The van der Waals surface area contributed by atoms with Crippen LogP contribution >= 0.6 is 15.9 Å². The third kappa shape index (κ3) is 3.56. The van der Waals surface area contributed by atoms with E-state index in [-0.39, 0.29) is 5.69 Å². The van der Waals surface area contributed by atoms with Crippen molar-refractivity contribution >= 4 is 39.1 Å². The topological polar surface area (TPSA) is 82.6 Å². The van der Waals surface area contributed by atoms with E-state index in [0.717, 1.165) is 5.39 Å². The molecule has 0 radical (unpaired) electrons. The van der Waals surface area contributed by atoms with Gasteiger partial charge in [0.15, 0.2) is 0 Å². The van der Waals surface area contributed by atoms with Gasteiger partial charge in [-0.3, -0.25) is 14.9 Å². The Bertz CT molecular complexity index is 551. The molecular weight excluding hydrogens is 306 g/mol. The number of hydrogen-bond acceptors (Lipinski definition) is 5. The summed E-state index contributed by atoms with van der Waals surface area (Å²) in [5.41, 5.74) is 0.686. The summed E-state index contributed by atoms with van der Waals surface area (Å²) >= 11 is 3.20. The quantitative estimate of drug-likeness (QED) is 0.493. The SMILES string of the molecule is CCOC=O.O=[N+]([O-])c1cc(Br)c2occc2c1. The molecule has 18 heavy (non-hydrogen) atoms. The van der Waals surface area contributed by atoms with E-state index < -0.39 is 4.92 Å². The van der Waals surface area contributed by atoms with Gasteiger partial charge in [-0.15, -0.1) is 0 Å². The first kappa shape index (κ1) is 14.2. The summed E-state index contributed by atoms with van der Waals surface area (Å²) in [6.45, 7) is 2.66. The fraction of sp³-hybridized carbons (Fsp3) is 0.182. The number of hydrogen-bond donors (Lipinski definition) is 0. The molecule has 0 aliphatic heterocycles. The van der Waals surface area contributed by atoms with Crippen LogP contribution < -0.4 is 0 Å². The Hall–Kier alpha value is -1.89. The van der Waals surface area contributed by atoms with Crippen LogP contribution in [0.1, 0.15) is 6.92 Å². The van der Waals surface area contributed by atoms with Crippen molar-refractivity contribution in [3.8, 4) is 0 Å². The van der Waals surface area contributed by atoms with E-state index in [1.165, 1.54) is 18.4 Å². The van der Waals surface area contributed by atoms with Crippen LogP contribution in [0, 0.1) is 10.1 Å². The van der Waals surface area contributed by atoms with Crippen LogP contribution in [-0.4, -0.2) is 18.0 Å². The number of nitrogens with zero attached hydrogens (tertiary/aromatic N) is 1. The average molecular weight is 316 g/mol. The zero-order chi connectivity index (χ0) is 13.5.